The Kier molecular flexibility index (Phi) is 13.3. The first kappa shape index (κ1) is 51.9. The molecule has 80 heavy (non-hydrogen) atoms. The van der Waals surface area contributed by atoms with Crippen molar-refractivity contribution in [2.75, 3.05) is 67.5 Å². The standard InChI is InChI=1S/C61H68FN11O7/c1-36(2)71-35-63-49-34-48(65-54(53(49)71)64-47-9-5-4-8-46(47)62)39-10-13-45-51(30-39)72(42-31-41(32-42)67-22-6-3-7-23-67)60(80)61(45)20-28-70(29-21-61)57(77)38-18-26-69(27-19-38)56(76)37-16-24-68(25-17-37)40-11-12-43-44(33-40)59(79)73(58(43)78)50-14-15-52(74)66-55(50)75/h4-5,8-13,30,33-38,41-42,50H,3,6-7,14-29,31-32H2,1-2H3,(H,64,65)(H,66,74,75)/t41-,42+,50?. The summed E-state index contributed by atoms with van der Waals surface area (Å²) in [5, 5.41) is 5.51. The van der Waals surface area contributed by atoms with Crippen molar-refractivity contribution >= 4 is 75.3 Å². The van der Waals surface area contributed by atoms with E-state index in [4.69, 9.17) is 9.97 Å². The SMILES string of the molecule is CC(C)n1cnc2cc(-c3ccc4c(c3)N([C@H]3C[C@@H](N5CCCCC5)C3)C(=O)C43CCN(C(=O)C4CCN(C(=O)C5CCN(c6ccc7c(c6)C(=O)N(C6CCC(=O)NC6=O)C7=O)CC5)CC4)CC3)nc(Nc3ccccc3F)c21. The number of nitrogens with zero attached hydrogens (tertiary/aromatic N) is 9. The predicted octanol–water partition coefficient (Wildman–Crippen LogP) is 7.34. The van der Waals surface area contributed by atoms with Gasteiger partial charge in [0, 0.05) is 92.6 Å². The first-order valence-electron chi connectivity index (χ1n) is 29.0. The molecule has 6 fully saturated rings. The fourth-order valence-corrected chi connectivity index (χ4v) is 14.3. The Bertz CT molecular complexity index is 3360. The van der Waals surface area contributed by atoms with Gasteiger partial charge in [0.25, 0.3) is 11.8 Å². The molecule has 1 saturated carbocycles. The van der Waals surface area contributed by atoms with Crippen LogP contribution >= 0.6 is 0 Å². The summed E-state index contributed by atoms with van der Waals surface area (Å²) in [7, 11) is 0. The van der Waals surface area contributed by atoms with Gasteiger partial charge < -0.3 is 34.4 Å². The highest BCUT2D eigenvalue weighted by molar-refractivity contribution is 6.24. The van der Waals surface area contributed by atoms with E-state index in [0.717, 1.165) is 64.4 Å². The molecule has 3 aromatic carbocycles. The number of piperidine rings is 5. The van der Waals surface area contributed by atoms with E-state index in [1.54, 1.807) is 42.7 Å². The zero-order chi connectivity index (χ0) is 55.1. The molecular weight excluding hydrogens is 1020 g/mol. The van der Waals surface area contributed by atoms with Gasteiger partial charge in [0.1, 0.15) is 17.4 Å². The molecule has 0 radical (unpaired) electrons. The van der Waals surface area contributed by atoms with Crippen molar-refractivity contribution in [2.24, 2.45) is 11.8 Å². The Balaban J connectivity index is 0.665. The van der Waals surface area contributed by atoms with Crippen molar-refractivity contribution in [3.63, 3.8) is 0 Å². The summed E-state index contributed by atoms with van der Waals surface area (Å²) in [6, 6.07) is 19.5. The molecular formula is C61H68FN11O7. The van der Waals surface area contributed by atoms with Crippen molar-refractivity contribution in [2.45, 2.75) is 127 Å². The topological polar surface area (TPSA) is 194 Å². The monoisotopic (exact) mass is 1090 g/mol. The Morgan fingerprint density at radius 3 is 2.11 bits per heavy atom. The van der Waals surface area contributed by atoms with E-state index < -0.39 is 35.1 Å². The minimum Gasteiger partial charge on any atom is -0.371 e. The van der Waals surface area contributed by atoms with Crippen molar-refractivity contribution in [1.82, 2.24) is 39.5 Å². The lowest BCUT2D eigenvalue weighted by molar-refractivity contribution is -0.144. The van der Waals surface area contributed by atoms with Crippen LogP contribution in [0.25, 0.3) is 22.3 Å². The maximum absolute atomic E-state index is 15.3. The number of hydrogen-bond acceptors (Lipinski definition) is 12. The molecule has 2 aromatic heterocycles. The second kappa shape index (κ2) is 20.5. The maximum Gasteiger partial charge on any atom is 0.262 e. The average Bonchev–Trinajstić information content (AvgIpc) is 4.04. The second-order valence-electron chi connectivity index (χ2n) is 23.8. The van der Waals surface area contributed by atoms with Crippen molar-refractivity contribution < 1.29 is 38.0 Å². The molecule has 7 amide bonds. The van der Waals surface area contributed by atoms with Crippen LogP contribution in [0.4, 0.5) is 27.3 Å². The number of amides is 7. The first-order chi connectivity index (χ1) is 38.7. The van der Waals surface area contributed by atoms with E-state index in [-0.39, 0.29) is 71.4 Å². The molecule has 7 aliphatic heterocycles. The number of imidazole rings is 1. The number of hydrogen-bond donors (Lipinski definition) is 2. The minimum atomic E-state index is -1.03. The lowest BCUT2D eigenvalue weighted by Crippen LogP contribution is -2.58. The van der Waals surface area contributed by atoms with Crippen LogP contribution in [0.15, 0.2) is 73.1 Å². The minimum absolute atomic E-state index is 0.0511. The summed E-state index contributed by atoms with van der Waals surface area (Å²) in [4.78, 5) is 116. The molecule has 1 unspecified atom stereocenters. The van der Waals surface area contributed by atoms with Gasteiger partial charge >= 0.3 is 0 Å². The molecule has 19 heteroatoms. The smallest absolute Gasteiger partial charge is 0.262 e. The average molecular weight is 1090 g/mol. The molecule has 5 saturated heterocycles. The van der Waals surface area contributed by atoms with Crippen molar-refractivity contribution in [3.05, 3.63) is 95.6 Å². The van der Waals surface area contributed by atoms with E-state index in [1.165, 1.54) is 25.3 Å². The number of rotatable bonds is 10. The third-order valence-electron chi connectivity index (χ3n) is 19.0. The fraction of sp³-hybridized carbons (Fsp3) is 0.492. The molecule has 1 spiro atoms. The first-order valence-corrected chi connectivity index (χ1v) is 29.0. The number of carbonyl (C=O) groups excluding carboxylic acids is 7. The fourth-order valence-electron chi connectivity index (χ4n) is 14.3. The van der Waals surface area contributed by atoms with Crippen LogP contribution < -0.4 is 20.4 Å². The van der Waals surface area contributed by atoms with Gasteiger partial charge in [0.2, 0.25) is 29.5 Å². The van der Waals surface area contributed by atoms with E-state index in [0.29, 0.717) is 101 Å². The summed E-state index contributed by atoms with van der Waals surface area (Å²) >= 11 is 0. The number of para-hydroxylation sites is 1. The number of anilines is 4. The molecule has 13 rings (SSSR count). The number of imide groups is 2. The lowest BCUT2D eigenvalue weighted by atomic mass is 9.73. The number of benzene rings is 3. The summed E-state index contributed by atoms with van der Waals surface area (Å²) in [6.07, 6.45) is 10.9. The Labute approximate surface area is 464 Å². The van der Waals surface area contributed by atoms with E-state index in [2.05, 4.69) is 51.3 Å². The van der Waals surface area contributed by atoms with Gasteiger partial charge in [0.15, 0.2) is 5.82 Å². The van der Waals surface area contributed by atoms with Gasteiger partial charge in [0.05, 0.1) is 39.8 Å². The van der Waals surface area contributed by atoms with Gasteiger partial charge in [-0.05, 0) is 146 Å². The number of nitrogens with one attached hydrogen (secondary N) is 2. The lowest BCUT2D eigenvalue weighted by Gasteiger charge is -2.48. The number of halogens is 1. The largest absolute Gasteiger partial charge is 0.371 e. The van der Waals surface area contributed by atoms with Gasteiger partial charge in [-0.25, -0.2) is 14.4 Å². The number of likely N-dealkylation sites (tertiary alicyclic amines) is 3. The number of carbonyl (C=O) groups is 7. The number of fused-ring (bicyclic) bond motifs is 4. The van der Waals surface area contributed by atoms with Crippen LogP contribution in [0.1, 0.15) is 130 Å². The summed E-state index contributed by atoms with van der Waals surface area (Å²) in [5.74, 6) is -2.13. The van der Waals surface area contributed by atoms with Gasteiger partial charge in [-0.2, -0.15) is 0 Å². The van der Waals surface area contributed by atoms with Crippen LogP contribution in [0.3, 0.4) is 0 Å². The van der Waals surface area contributed by atoms with Crippen LogP contribution in [-0.4, -0.2) is 146 Å². The molecule has 5 aromatic rings. The quantitative estimate of drug-likeness (QED) is 0.132. The molecule has 9 heterocycles. The van der Waals surface area contributed by atoms with Crippen LogP contribution in [0.2, 0.25) is 0 Å². The molecule has 18 nitrogen and oxygen atoms in total. The summed E-state index contributed by atoms with van der Waals surface area (Å²) < 4.78 is 17.2. The van der Waals surface area contributed by atoms with Crippen LogP contribution in [0.5, 0.6) is 0 Å². The predicted molar refractivity (Wildman–Crippen MR) is 298 cm³/mol. The third kappa shape index (κ3) is 8.90. The third-order valence-corrected chi connectivity index (χ3v) is 19.0. The van der Waals surface area contributed by atoms with Crippen LogP contribution in [-0.2, 0) is 29.4 Å². The van der Waals surface area contributed by atoms with Gasteiger partial charge in [-0.3, -0.25) is 43.8 Å². The summed E-state index contributed by atoms with van der Waals surface area (Å²) in [6.45, 7) is 9.46. The normalized spacial score (nSPS) is 23.8. The van der Waals surface area contributed by atoms with Gasteiger partial charge in [-0.15, -0.1) is 0 Å². The molecule has 1 aliphatic carbocycles. The van der Waals surface area contributed by atoms with Gasteiger partial charge in [-0.1, -0.05) is 30.7 Å². The van der Waals surface area contributed by atoms with Crippen LogP contribution in [0, 0.1) is 17.7 Å². The summed E-state index contributed by atoms with van der Waals surface area (Å²) in [5.41, 5.74) is 5.67. The molecule has 1 atom stereocenters. The molecule has 2 N–H and O–H groups in total. The zero-order valence-electron chi connectivity index (χ0n) is 45.5. The molecule has 0 bridgehead atoms. The maximum atomic E-state index is 15.3. The number of aromatic nitrogens is 3. The van der Waals surface area contributed by atoms with E-state index >= 15 is 9.18 Å². The van der Waals surface area contributed by atoms with E-state index in [1.807, 2.05) is 26.5 Å². The van der Waals surface area contributed by atoms with E-state index in [9.17, 15) is 28.8 Å². The highest BCUT2D eigenvalue weighted by Crippen LogP contribution is 2.52. The zero-order valence-corrected chi connectivity index (χ0v) is 45.5. The number of pyridine rings is 1. The van der Waals surface area contributed by atoms with Crippen molar-refractivity contribution in [1.29, 1.82) is 0 Å². The molecule has 416 valence electrons. The molecule has 8 aliphatic rings. The van der Waals surface area contributed by atoms with Crippen molar-refractivity contribution in [3.8, 4) is 11.3 Å². The Hall–Kier alpha value is -7.54. The highest BCUT2D eigenvalue weighted by Gasteiger charge is 2.56. The Morgan fingerprint density at radius 1 is 0.725 bits per heavy atom. The second-order valence-corrected chi connectivity index (χ2v) is 23.8. The highest BCUT2D eigenvalue weighted by atomic mass is 19.1. The Morgan fingerprint density at radius 2 is 1.41 bits per heavy atom.